The average molecular weight is 261 g/mol. The average Bonchev–Trinajstić information content (AvgIpc) is 2.46. The number of ether oxygens (including phenoxy) is 1. The van der Waals surface area contributed by atoms with Crippen LogP contribution >= 0.6 is 0 Å². The van der Waals surface area contributed by atoms with Crippen molar-refractivity contribution in [1.29, 1.82) is 0 Å². The van der Waals surface area contributed by atoms with Gasteiger partial charge in [0.05, 0.1) is 18.8 Å². The molecule has 0 radical (unpaired) electrons. The van der Waals surface area contributed by atoms with Crippen molar-refractivity contribution in [3.63, 3.8) is 0 Å². The number of rotatable bonds is 6. The number of ketones is 1. The van der Waals surface area contributed by atoms with Gasteiger partial charge in [-0.05, 0) is 5.56 Å². The van der Waals surface area contributed by atoms with Crippen LogP contribution in [0.3, 0.4) is 0 Å². The van der Waals surface area contributed by atoms with Gasteiger partial charge in [-0.3, -0.25) is 4.79 Å². The SMILES string of the molecule is O=CCCC(=O)C1NCCOC1Cc1ccccc1. The van der Waals surface area contributed by atoms with E-state index in [2.05, 4.69) is 5.32 Å². The van der Waals surface area contributed by atoms with Crippen LogP contribution < -0.4 is 5.32 Å². The first-order valence-electron chi connectivity index (χ1n) is 6.66. The lowest BCUT2D eigenvalue weighted by atomic mass is 9.95. The van der Waals surface area contributed by atoms with Crippen molar-refractivity contribution in [3.05, 3.63) is 35.9 Å². The molecule has 2 atom stereocenters. The van der Waals surface area contributed by atoms with Crippen molar-refractivity contribution in [2.24, 2.45) is 0 Å². The van der Waals surface area contributed by atoms with Crippen LogP contribution in [-0.2, 0) is 20.7 Å². The second kappa shape index (κ2) is 7.16. The Balaban J connectivity index is 1.99. The van der Waals surface area contributed by atoms with Gasteiger partial charge in [-0.25, -0.2) is 0 Å². The Morgan fingerprint density at radius 1 is 1.37 bits per heavy atom. The lowest BCUT2D eigenvalue weighted by Gasteiger charge is -2.32. The normalized spacial score (nSPS) is 22.9. The molecule has 19 heavy (non-hydrogen) atoms. The summed E-state index contributed by atoms with van der Waals surface area (Å²) in [6.07, 6.45) is 1.93. The highest BCUT2D eigenvalue weighted by Crippen LogP contribution is 2.14. The first-order chi connectivity index (χ1) is 9.31. The van der Waals surface area contributed by atoms with E-state index in [1.165, 1.54) is 0 Å². The van der Waals surface area contributed by atoms with Crippen molar-refractivity contribution in [3.8, 4) is 0 Å². The maximum Gasteiger partial charge on any atom is 0.152 e. The molecule has 1 aromatic carbocycles. The van der Waals surface area contributed by atoms with Gasteiger partial charge in [0.15, 0.2) is 5.78 Å². The highest BCUT2D eigenvalue weighted by Gasteiger charge is 2.30. The fourth-order valence-electron chi connectivity index (χ4n) is 2.35. The quantitative estimate of drug-likeness (QED) is 0.780. The molecule has 0 aromatic heterocycles. The number of aldehydes is 1. The van der Waals surface area contributed by atoms with Crippen LogP contribution in [-0.4, -0.2) is 37.4 Å². The molecule has 0 saturated carbocycles. The Bertz CT molecular complexity index is 419. The highest BCUT2D eigenvalue weighted by atomic mass is 16.5. The van der Waals surface area contributed by atoms with Crippen LogP contribution in [0.25, 0.3) is 0 Å². The van der Waals surface area contributed by atoms with E-state index in [4.69, 9.17) is 4.74 Å². The van der Waals surface area contributed by atoms with Crippen molar-refractivity contribution in [2.75, 3.05) is 13.2 Å². The first kappa shape index (κ1) is 13.9. The molecule has 0 aliphatic carbocycles. The van der Waals surface area contributed by atoms with Gasteiger partial charge in [0.25, 0.3) is 0 Å². The number of Topliss-reactive ketones (excluding diaryl/α,β-unsaturated/α-hetero) is 1. The molecule has 0 spiro atoms. The van der Waals surface area contributed by atoms with Gasteiger partial charge < -0.3 is 14.8 Å². The molecule has 2 rings (SSSR count). The molecule has 102 valence electrons. The zero-order valence-corrected chi connectivity index (χ0v) is 10.9. The van der Waals surface area contributed by atoms with Crippen molar-refractivity contribution >= 4 is 12.1 Å². The van der Waals surface area contributed by atoms with Crippen molar-refractivity contribution in [1.82, 2.24) is 5.32 Å². The van der Waals surface area contributed by atoms with Gasteiger partial charge in [0, 0.05) is 25.8 Å². The number of carbonyl (C=O) groups excluding carboxylic acids is 2. The second-order valence-corrected chi connectivity index (χ2v) is 4.70. The van der Waals surface area contributed by atoms with Crippen LogP contribution in [0, 0.1) is 0 Å². The van der Waals surface area contributed by atoms with Gasteiger partial charge in [-0.1, -0.05) is 30.3 Å². The molecular weight excluding hydrogens is 242 g/mol. The summed E-state index contributed by atoms with van der Waals surface area (Å²) >= 11 is 0. The van der Waals surface area contributed by atoms with E-state index in [-0.39, 0.29) is 30.8 Å². The first-order valence-corrected chi connectivity index (χ1v) is 6.66. The molecule has 1 aromatic rings. The zero-order chi connectivity index (χ0) is 13.5. The van der Waals surface area contributed by atoms with E-state index in [0.717, 1.165) is 11.8 Å². The predicted octanol–water partition coefficient (Wildman–Crippen LogP) is 1.13. The molecule has 1 aliphatic heterocycles. The zero-order valence-electron chi connectivity index (χ0n) is 10.9. The third-order valence-electron chi connectivity index (χ3n) is 3.31. The monoisotopic (exact) mass is 261 g/mol. The minimum absolute atomic E-state index is 0.0627. The van der Waals surface area contributed by atoms with Crippen LogP contribution in [0.4, 0.5) is 0 Å². The summed E-state index contributed by atoms with van der Waals surface area (Å²) in [7, 11) is 0. The Morgan fingerprint density at radius 2 is 2.16 bits per heavy atom. The molecule has 1 fully saturated rings. The third-order valence-corrected chi connectivity index (χ3v) is 3.31. The summed E-state index contributed by atoms with van der Waals surface area (Å²) in [5.74, 6) is 0.0627. The van der Waals surface area contributed by atoms with E-state index < -0.39 is 0 Å². The van der Waals surface area contributed by atoms with E-state index in [0.29, 0.717) is 19.6 Å². The fraction of sp³-hybridized carbons (Fsp3) is 0.467. The number of morpholine rings is 1. The molecule has 1 N–H and O–H groups in total. The molecular formula is C15H19NO3. The summed E-state index contributed by atoms with van der Waals surface area (Å²) in [4.78, 5) is 22.4. The van der Waals surface area contributed by atoms with E-state index in [1.807, 2.05) is 30.3 Å². The second-order valence-electron chi connectivity index (χ2n) is 4.70. The molecule has 2 unspecified atom stereocenters. The van der Waals surface area contributed by atoms with Crippen molar-refractivity contribution in [2.45, 2.75) is 31.4 Å². The summed E-state index contributed by atoms with van der Waals surface area (Å²) in [5, 5.41) is 3.21. The molecule has 4 nitrogen and oxygen atoms in total. The van der Waals surface area contributed by atoms with Crippen LogP contribution in [0.15, 0.2) is 30.3 Å². The highest BCUT2D eigenvalue weighted by molar-refractivity contribution is 5.86. The Labute approximate surface area is 113 Å². The van der Waals surface area contributed by atoms with Gasteiger partial charge in [-0.2, -0.15) is 0 Å². The van der Waals surface area contributed by atoms with E-state index >= 15 is 0 Å². The van der Waals surface area contributed by atoms with Gasteiger partial charge >= 0.3 is 0 Å². The molecule has 1 heterocycles. The number of benzene rings is 1. The van der Waals surface area contributed by atoms with E-state index in [1.54, 1.807) is 0 Å². The van der Waals surface area contributed by atoms with Crippen LogP contribution in [0.2, 0.25) is 0 Å². The lowest BCUT2D eigenvalue weighted by molar-refractivity contribution is -0.128. The maximum atomic E-state index is 12.1. The van der Waals surface area contributed by atoms with Crippen LogP contribution in [0.1, 0.15) is 18.4 Å². The smallest absolute Gasteiger partial charge is 0.152 e. The number of nitrogens with one attached hydrogen (secondary N) is 1. The van der Waals surface area contributed by atoms with Gasteiger partial charge in [0.1, 0.15) is 6.29 Å². The largest absolute Gasteiger partial charge is 0.374 e. The van der Waals surface area contributed by atoms with Crippen molar-refractivity contribution < 1.29 is 14.3 Å². The minimum atomic E-state index is -0.297. The predicted molar refractivity (Wildman–Crippen MR) is 72.0 cm³/mol. The molecule has 4 heteroatoms. The fourth-order valence-corrected chi connectivity index (χ4v) is 2.35. The topological polar surface area (TPSA) is 55.4 Å². The molecule has 1 saturated heterocycles. The van der Waals surface area contributed by atoms with Gasteiger partial charge in [0.2, 0.25) is 0 Å². The number of hydrogen-bond donors (Lipinski definition) is 1. The Hall–Kier alpha value is -1.52. The standard InChI is InChI=1S/C15H19NO3/c17-9-4-7-13(18)15-14(19-10-8-16-15)11-12-5-2-1-3-6-12/h1-3,5-6,9,14-16H,4,7-8,10-11H2. The summed E-state index contributed by atoms with van der Waals surface area (Å²) < 4.78 is 5.72. The summed E-state index contributed by atoms with van der Waals surface area (Å²) in [6.45, 7) is 1.30. The van der Waals surface area contributed by atoms with Crippen LogP contribution in [0.5, 0.6) is 0 Å². The Morgan fingerprint density at radius 3 is 2.89 bits per heavy atom. The number of carbonyl (C=O) groups is 2. The summed E-state index contributed by atoms with van der Waals surface area (Å²) in [6, 6.07) is 9.70. The molecule has 0 bridgehead atoms. The van der Waals surface area contributed by atoms with E-state index in [9.17, 15) is 9.59 Å². The maximum absolute atomic E-state index is 12.1. The Kier molecular flexibility index (Phi) is 5.24. The van der Waals surface area contributed by atoms with Gasteiger partial charge in [-0.15, -0.1) is 0 Å². The summed E-state index contributed by atoms with van der Waals surface area (Å²) in [5.41, 5.74) is 1.16. The number of hydrogen-bond acceptors (Lipinski definition) is 4. The molecule has 0 amide bonds. The third kappa shape index (κ3) is 3.98. The lowest BCUT2D eigenvalue weighted by Crippen LogP contribution is -2.53. The molecule has 1 aliphatic rings. The minimum Gasteiger partial charge on any atom is -0.374 e.